The van der Waals surface area contributed by atoms with E-state index in [1.54, 1.807) is 25.7 Å². The van der Waals surface area contributed by atoms with Gasteiger partial charge >= 0.3 is 12.1 Å². The van der Waals surface area contributed by atoms with E-state index in [0.29, 0.717) is 32.5 Å². The van der Waals surface area contributed by atoms with E-state index in [-0.39, 0.29) is 24.6 Å². The number of imide groups is 1. The largest absolute Gasteiger partial charge is 0.450 e. The van der Waals surface area contributed by atoms with Gasteiger partial charge in [0.1, 0.15) is 12.1 Å². The maximum absolute atomic E-state index is 12.1. The lowest BCUT2D eigenvalue weighted by molar-refractivity contribution is -0.134. The fourth-order valence-electron chi connectivity index (χ4n) is 2.80. The number of rotatable bonds is 4. The Labute approximate surface area is 140 Å². The molecule has 24 heavy (non-hydrogen) atoms. The molecular weight excluding hydrogens is 316 g/mol. The molecule has 0 saturated carbocycles. The molecule has 2 aliphatic heterocycles. The molecule has 0 unspecified atom stereocenters. The van der Waals surface area contributed by atoms with E-state index in [4.69, 9.17) is 4.74 Å². The van der Waals surface area contributed by atoms with Crippen LogP contribution >= 0.6 is 0 Å². The quantitative estimate of drug-likeness (QED) is 0.703. The minimum atomic E-state index is -0.984. The van der Waals surface area contributed by atoms with Gasteiger partial charge in [-0.25, -0.2) is 9.59 Å². The van der Waals surface area contributed by atoms with Crippen molar-refractivity contribution in [1.82, 2.24) is 20.4 Å². The maximum atomic E-state index is 12.1. The van der Waals surface area contributed by atoms with Gasteiger partial charge in [0.15, 0.2) is 0 Å². The van der Waals surface area contributed by atoms with Crippen LogP contribution in [0.2, 0.25) is 0 Å². The van der Waals surface area contributed by atoms with Crippen LogP contribution in [0.25, 0.3) is 0 Å². The van der Waals surface area contributed by atoms with E-state index in [1.165, 1.54) is 0 Å². The Balaban J connectivity index is 1.79. The van der Waals surface area contributed by atoms with Crippen molar-refractivity contribution in [3.8, 4) is 0 Å². The first-order valence-corrected chi connectivity index (χ1v) is 8.09. The van der Waals surface area contributed by atoms with Crippen LogP contribution in [0, 0.1) is 0 Å². The second kappa shape index (κ2) is 7.06. The molecule has 0 bridgehead atoms. The zero-order valence-corrected chi connectivity index (χ0v) is 14.3. The van der Waals surface area contributed by atoms with Crippen molar-refractivity contribution in [2.75, 3.05) is 26.2 Å². The summed E-state index contributed by atoms with van der Waals surface area (Å²) in [4.78, 5) is 50.1. The normalized spacial score (nSPS) is 20.8. The highest BCUT2D eigenvalue weighted by Gasteiger charge is 2.45. The topological polar surface area (TPSA) is 108 Å². The SMILES string of the molecule is CCOC(=O)N1CCC(NC(=O)CN2C(=O)NC(C)(C)C2=O)CC1. The van der Waals surface area contributed by atoms with Crippen LogP contribution in [0.5, 0.6) is 0 Å². The standard InChI is InChI=1S/C15H24N4O5/c1-4-24-14(23)18-7-5-10(6-8-18)16-11(20)9-19-12(21)15(2,3)17-13(19)22/h10H,4-9H2,1-3H3,(H,16,20)(H,17,22). The molecule has 2 aliphatic rings. The summed E-state index contributed by atoms with van der Waals surface area (Å²) in [6.07, 6.45) is 0.871. The van der Waals surface area contributed by atoms with Crippen molar-refractivity contribution in [3.05, 3.63) is 0 Å². The molecule has 2 rings (SSSR count). The van der Waals surface area contributed by atoms with Crippen molar-refractivity contribution >= 4 is 23.9 Å². The Bertz CT molecular complexity index is 540. The Hall–Kier alpha value is -2.32. The van der Waals surface area contributed by atoms with Crippen molar-refractivity contribution < 1.29 is 23.9 Å². The first kappa shape index (κ1) is 18.0. The number of hydrogen-bond donors (Lipinski definition) is 2. The molecule has 2 saturated heterocycles. The van der Waals surface area contributed by atoms with E-state index >= 15 is 0 Å². The predicted molar refractivity (Wildman–Crippen MR) is 84.1 cm³/mol. The summed E-state index contributed by atoms with van der Waals surface area (Å²) in [5.41, 5.74) is -0.984. The van der Waals surface area contributed by atoms with Gasteiger partial charge in [-0.05, 0) is 33.6 Å². The fraction of sp³-hybridized carbons (Fsp3) is 0.733. The molecule has 2 fully saturated rings. The third-order valence-electron chi connectivity index (χ3n) is 4.13. The molecule has 0 aromatic rings. The second-order valence-electron chi connectivity index (χ2n) is 6.47. The number of ether oxygens (including phenoxy) is 1. The molecule has 0 aromatic carbocycles. The van der Waals surface area contributed by atoms with E-state index < -0.39 is 17.5 Å². The van der Waals surface area contributed by atoms with Crippen LogP contribution in [0.4, 0.5) is 9.59 Å². The molecule has 0 spiro atoms. The molecule has 0 aliphatic carbocycles. The van der Waals surface area contributed by atoms with Gasteiger partial charge in [0.25, 0.3) is 5.91 Å². The first-order chi connectivity index (χ1) is 11.2. The molecule has 2 heterocycles. The number of carbonyl (C=O) groups is 4. The Morgan fingerprint density at radius 3 is 2.42 bits per heavy atom. The highest BCUT2D eigenvalue weighted by Crippen LogP contribution is 2.16. The van der Waals surface area contributed by atoms with Gasteiger partial charge in [-0.3, -0.25) is 14.5 Å². The summed E-state index contributed by atoms with van der Waals surface area (Å²) < 4.78 is 4.94. The van der Waals surface area contributed by atoms with E-state index in [9.17, 15) is 19.2 Å². The summed E-state index contributed by atoms with van der Waals surface area (Å²) in [5, 5.41) is 5.35. The predicted octanol–water partition coefficient (Wildman–Crippen LogP) is 0.0539. The first-order valence-electron chi connectivity index (χ1n) is 8.09. The van der Waals surface area contributed by atoms with Crippen LogP contribution in [0.3, 0.4) is 0 Å². The Morgan fingerprint density at radius 2 is 1.92 bits per heavy atom. The van der Waals surface area contributed by atoms with E-state index in [2.05, 4.69) is 10.6 Å². The smallest absolute Gasteiger partial charge is 0.409 e. The second-order valence-corrected chi connectivity index (χ2v) is 6.47. The average molecular weight is 340 g/mol. The van der Waals surface area contributed by atoms with E-state index in [1.807, 2.05) is 0 Å². The van der Waals surface area contributed by atoms with Crippen LogP contribution in [0.15, 0.2) is 0 Å². The van der Waals surface area contributed by atoms with Crippen molar-refractivity contribution in [2.45, 2.75) is 45.2 Å². The zero-order valence-electron chi connectivity index (χ0n) is 14.3. The number of hydrogen-bond acceptors (Lipinski definition) is 5. The Kier molecular flexibility index (Phi) is 5.30. The van der Waals surface area contributed by atoms with Gasteiger partial charge in [-0.1, -0.05) is 0 Å². The van der Waals surface area contributed by atoms with Gasteiger partial charge in [0.2, 0.25) is 5.91 Å². The minimum absolute atomic E-state index is 0.0862. The van der Waals surface area contributed by atoms with Crippen LogP contribution < -0.4 is 10.6 Å². The zero-order chi connectivity index (χ0) is 17.9. The molecule has 0 aromatic heterocycles. The summed E-state index contributed by atoms with van der Waals surface area (Å²) >= 11 is 0. The number of amides is 5. The summed E-state index contributed by atoms with van der Waals surface area (Å²) in [6.45, 7) is 5.97. The average Bonchev–Trinajstić information content (AvgIpc) is 2.70. The van der Waals surface area contributed by atoms with Crippen LogP contribution in [-0.4, -0.2) is 71.6 Å². The highest BCUT2D eigenvalue weighted by atomic mass is 16.6. The molecule has 0 radical (unpaired) electrons. The molecule has 9 heteroatoms. The third kappa shape index (κ3) is 3.95. The third-order valence-corrected chi connectivity index (χ3v) is 4.13. The monoisotopic (exact) mass is 340 g/mol. The number of likely N-dealkylation sites (tertiary alicyclic amines) is 1. The molecule has 0 atom stereocenters. The van der Waals surface area contributed by atoms with Crippen LogP contribution in [-0.2, 0) is 14.3 Å². The van der Waals surface area contributed by atoms with Crippen molar-refractivity contribution in [1.29, 1.82) is 0 Å². The van der Waals surface area contributed by atoms with Crippen molar-refractivity contribution in [3.63, 3.8) is 0 Å². The lowest BCUT2D eigenvalue weighted by Crippen LogP contribution is -2.49. The lowest BCUT2D eigenvalue weighted by Gasteiger charge is -2.31. The molecule has 5 amide bonds. The Morgan fingerprint density at radius 1 is 1.29 bits per heavy atom. The molecular formula is C15H24N4O5. The van der Waals surface area contributed by atoms with E-state index in [0.717, 1.165) is 4.90 Å². The summed E-state index contributed by atoms with van der Waals surface area (Å²) in [5.74, 6) is -0.800. The van der Waals surface area contributed by atoms with Gasteiger partial charge in [-0.15, -0.1) is 0 Å². The number of nitrogens with one attached hydrogen (secondary N) is 2. The number of piperidine rings is 1. The number of urea groups is 1. The van der Waals surface area contributed by atoms with Gasteiger partial charge < -0.3 is 20.3 Å². The maximum Gasteiger partial charge on any atom is 0.409 e. The van der Waals surface area contributed by atoms with Gasteiger partial charge in [0.05, 0.1) is 6.61 Å². The van der Waals surface area contributed by atoms with Crippen molar-refractivity contribution in [2.24, 2.45) is 0 Å². The van der Waals surface area contributed by atoms with Gasteiger partial charge in [-0.2, -0.15) is 0 Å². The lowest BCUT2D eigenvalue weighted by atomic mass is 10.1. The highest BCUT2D eigenvalue weighted by molar-refractivity contribution is 6.08. The number of carbonyl (C=O) groups excluding carboxylic acids is 4. The molecule has 134 valence electrons. The molecule has 9 nitrogen and oxygen atoms in total. The van der Waals surface area contributed by atoms with Crippen LogP contribution in [0.1, 0.15) is 33.6 Å². The summed E-state index contributed by atoms with van der Waals surface area (Å²) in [6, 6.07) is -0.644. The number of nitrogens with zero attached hydrogens (tertiary/aromatic N) is 2. The fourth-order valence-corrected chi connectivity index (χ4v) is 2.80. The molecule has 2 N–H and O–H groups in total. The van der Waals surface area contributed by atoms with Gasteiger partial charge in [0, 0.05) is 19.1 Å². The summed E-state index contributed by atoms with van der Waals surface area (Å²) in [7, 11) is 0. The minimum Gasteiger partial charge on any atom is -0.450 e.